The highest BCUT2D eigenvalue weighted by atomic mass is 79.9. The lowest BCUT2D eigenvalue weighted by Crippen LogP contribution is -2.15. The Morgan fingerprint density at radius 3 is 2.68 bits per heavy atom. The number of rotatable bonds is 3. The van der Waals surface area contributed by atoms with Gasteiger partial charge in [0.25, 0.3) is 5.91 Å². The van der Waals surface area contributed by atoms with Crippen LogP contribution in [0.3, 0.4) is 0 Å². The number of nitrogens with zero attached hydrogens (tertiary/aromatic N) is 1. The van der Waals surface area contributed by atoms with Gasteiger partial charge in [0.1, 0.15) is 17.3 Å². The fourth-order valence-electron chi connectivity index (χ4n) is 1.50. The van der Waals surface area contributed by atoms with Crippen molar-refractivity contribution >= 4 is 33.3 Å². The van der Waals surface area contributed by atoms with Crippen molar-refractivity contribution in [3.8, 4) is 0 Å². The second kappa shape index (κ2) is 5.79. The van der Waals surface area contributed by atoms with Crippen molar-refractivity contribution in [2.75, 3.05) is 17.7 Å². The molecule has 1 heterocycles. The van der Waals surface area contributed by atoms with E-state index in [0.29, 0.717) is 10.3 Å². The zero-order valence-corrected chi connectivity index (χ0v) is 11.7. The SMILES string of the molecule is CNc1cccc(C(=O)Nc2c(F)cccc2Br)n1. The van der Waals surface area contributed by atoms with E-state index in [1.165, 1.54) is 6.07 Å². The van der Waals surface area contributed by atoms with Crippen LogP contribution in [0, 0.1) is 5.82 Å². The second-order valence-corrected chi connectivity index (χ2v) is 4.56. The predicted molar refractivity (Wildman–Crippen MR) is 75.8 cm³/mol. The Hall–Kier alpha value is -1.95. The van der Waals surface area contributed by atoms with Crippen LogP contribution in [-0.4, -0.2) is 17.9 Å². The Morgan fingerprint density at radius 1 is 1.26 bits per heavy atom. The first-order valence-electron chi connectivity index (χ1n) is 5.52. The van der Waals surface area contributed by atoms with Gasteiger partial charge < -0.3 is 10.6 Å². The van der Waals surface area contributed by atoms with Crippen molar-refractivity contribution in [1.29, 1.82) is 0 Å². The molecule has 0 spiro atoms. The zero-order valence-electron chi connectivity index (χ0n) is 10.1. The zero-order chi connectivity index (χ0) is 13.8. The number of amides is 1. The molecular weight excluding hydrogens is 313 g/mol. The number of para-hydroxylation sites is 1. The molecule has 0 saturated heterocycles. The highest BCUT2D eigenvalue weighted by molar-refractivity contribution is 9.10. The number of aromatic nitrogens is 1. The maximum Gasteiger partial charge on any atom is 0.274 e. The predicted octanol–water partition coefficient (Wildman–Crippen LogP) is 3.28. The van der Waals surface area contributed by atoms with Crippen LogP contribution in [0.1, 0.15) is 10.5 Å². The lowest BCUT2D eigenvalue weighted by atomic mass is 10.2. The van der Waals surface area contributed by atoms with Crippen LogP contribution < -0.4 is 10.6 Å². The van der Waals surface area contributed by atoms with Crippen LogP contribution in [0.25, 0.3) is 0 Å². The van der Waals surface area contributed by atoms with E-state index in [1.807, 2.05) is 0 Å². The molecule has 1 aromatic heterocycles. The van der Waals surface area contributed by atoms with Crippen LogP contribution in [0.15, 0.2) is 40.9 Å². The van der Waals surface area contributed by atoms with Crippen LogP contribution in [0.5, 0.6) is 0 Å². The summed E-state index contributed by atoms with van der Waals surface area (Å²) in [6.45, 7) is 0. The molecule has 0 aliphatic rings. The van der Waals surface area contributed by atoms with E-state index < -0.39 is 11.7 Å². The Kier molecular flexibility index (Phi) is 4.11. The molecule has 6 heteroatoms. The third-order valence-electron chi connectivity index (χ3n) is 2.44. The molecule has 98 valence electrons. The van der Waals surface area contributed by atoms with E-state index in [1.54, 1.807) is 37.4 Å². The summed E-state index contributed by atoms with van der Waals surface area (Å²) < 4.78 is 14.1. The van der Waals surface area contributed by atoms with Crippen LogP contribution in [-0.2, 0) is 0 Å². The lowest BCUT2D eigenvalue weighted by Gasteiger charge is -2.08. The van der Waals surface area contributed by atoms with Gasteiger partial charge in [-0.1, -0.05) is 12.1 Å². The molecule has 2 aromatic rings. The summed E-state index contributed by atoms with van der Waals surface area (Å²) in [5.41, 5.74) is 0.311. The Labute approximate surface area is 118 Å². The molecule has 1 aromatic carbocycles. The molecule has 0 saturated carbocycles. The van der Waals surface area contributed by atoms with Gasteiger partial charge in [0.2, 0.25) is 0 Å². The molecule has 1 amide bonds. The number of halogens is 2. The largest absolute Gasteiger partial charge is 0.373 e. The number of pyridine rings is 1. The molecule has 19 heavy (non-hydrogen) atoms. The monoisotopic (exact) mass is 323 g/mol. The maximum absolute atomic E-state index is 13.6. The van der Waals surface area contributed by atoms with E-state index in [9.17, 15) is 9.18 Å². The minimum absolute atomic E-state index is 0.101. The number of carbonyl (C=O) groups is 1. The Bertz CT molecular complexity index is 598. The van der Waals surface area contributed by atoms with Gasteiger partial charge in [0, 0.05) is 11.5 Å². The highest BCUT2D eigenvalue weighted by Crippen LogP contribution is 2.25. The molecule has 0 aliphatic carbocycles. The first-order valence-corrected chi connectivity index (χ1v) is 6.31. The van der Waals surface area contributed by atoms with Crippen molar-refractivity contribution in [2.45, 2.75) is 0 Å². The molecule has 0 radical (unpaired) electrons. The Morgan fingerprint density at radius 2 is 2.00 bits per heavy atom. The van der Waals surface area contributed by atoms with Crippen molar-refractivity contribution in [1.82, 2.24) is 4.98 Å². The number of benzene rings is 1. The van der Waals surface area contributed by atoms with Crippen molar-refractivity contribution < 1.29 is 9.18 Å². The van der Waals surface area contributed by atoms with Crippen molar-refractivity contribution in [3.05, 3.63) is 52.4 Å². The quantitative estimate of drug-likeness (QED) is 0.911. The van der Waals surface area contributed by atoms with Gasteiger partial charge in [0.05, 0.1) is 5.69 Å². The minimum atomic E-state index is -0.507. The van der Waals surface area contributed by atoms with Gasteiger partial charge in [-0.15, -0.1) is 0 Å². The number of nitrogens with one attached hydrogen (secondary N) is 2. The van der Waals surface area contributed by atoms with E-state index in [4.69, 9.17) is 0 Å². The molecular formula is C13H11BrFN3O. The van der Waals surface area contributed by atoms with Crippen molar-refractivity contribution in [3.63, 3.8) is 0 Å². The van der Waals surface area contributed by atoms with E-state index >= 15 is 0 Å². The van der Waals surface area contributed by atoms with Gasteiger partial charge in [0.15, 0.2) is 0 Å². The topological polar surface area (TPSA) is 54.0 Å². The average molecular weight is 324 g/mol. The number of carbonyl (C=O) groups excluding carboxylic acids is 1. The fourth-order valence-corrected chi connectivity index (χ4v) is 1.94. The standard InChI is InChI=1S/C13H11BrFN3O/c1-16-11-7-3-6-10(17-11)13(19)18-12-8(14)4-2-5-9(12)15/h2-7H,1H3,(H,16,17)(H,18,19). The molecule has 2 rings (SSSR count). The highest BCUT2D eigenvalue weighted by Gasteiger charge is 2.13. The number of hydrogen-bond acceptors (Lipinski definition) is 3. The minimum Gasteiger partial charge on any atom is -0.373 e. The average Bonchev–Trinajstić information content (AvgIpc) is 2.43. The number of anilines is 2. The molecule has 0 unspecified atom stereocenters. The summed E-state index contributed by atoms with van der Waals surface area (Å²) in [6.07, 6.45) is 0. The van der Waals surface area contributed by atoms with Crippen LogP contribution in [0.4, 0.5) is 15.9 Å². The third-order valence-corrected chi connectivity index (χ3v) is 3.10. The Balaban J connectivity index is 2.25. The van der Waals surface area contributed by atoms with Gasteiger partial charge >= 0.3 is 0 Å². The summed E-state index contributed by atoms with van der Waals surface area (Å²) >= 11 is 3.19. The van der Waals surface area contributed by atoms with Crippen LogP contribution >= 0.6 is 15.9 Å². The van der Waals surface area contributed by atoms with Crippen LogP contribution in [0.2, 0.25) is 0 Å². The summed E-state index contributed by atoms with van der Waals surface area (Å²) in [6, 6.07) is 9.47. The lowest BCUT2D eigenvalue weighted by molar-refractivity contribution is 0.102. The summed E-state index contributed by atoms with van der Waals surface area (Å²) in [4.78, 5) is 16.1. The van der Waals surface area contributed by atoms with Crippen molar-refractivity contribution in [2.24, 2.45) is 0 Å². The first-order chi connectivity index (χ1) is 9.11. The van der Waals surface area contributed by atoms with Gasteiger partial charge in [-0.2, -0.15) is 0 Å². The molecule has 0 atom stereocenters. The van der Waals surface area contributed by atoms with Gasteiger partial charge in [-0.3, -0.25) is 4.79 Å². The van der Waals surface area contributed by atoms with E-state index in [0.717, 1.165) is 0 Å². The maximum atomic E-state index is 13.6. The fraction of sp³-hybridized carbons (Fsp3) is 0.0769. The first kappa shape index (κ1) is 13.5. The normalized spacial score (nSPS) is 10.1. The van der Waals surface area contributed by atoms with Gasteiger partial charge in [-0.25, -0.2) is 9.37 Å². The molecule has 0 aliphatic heterocycles. The smallest absolute Gasteiger partial charge is 0.274 e. The summed E-state index contributed by atoms with van der Waals surface area (Å²) in [5.74, 6) is -0.407. The van der Waals surface area contributed by atoms with E-state index in [2.05, 4.69) is 31.5 Å². The summed E-state index contributed by atoms with van der Waals surface area (Å²) in [7, 11) is 1.71. The molecule has 2 N–H and O–H groups in total. The number of hydrogen-bond donors (Lipinski definition) is 2. The molecule has 4 nitrogen and oxygen atoms in total. The van der Waals surface area contributed by atoms with Gasteiger partial charge in [-0.05, 0) is 40.2 Å². The van der Waals surface area contributed by atoms with E-state index in [-0.39, 0.29) is 11.4 Å². The molecule has 0 bridgehead atoms. The molecule has 0 fully saturated rings. The third kappa shape index (κ3) is 3.08. The second-order valence-electron chi connectivity index (χ2n) is 3.71. The summed E-state index contributed by atoms with van der Waals surface area (Å²) in [5, 5.41) is 5.33.